The fourth-order valence-corrected chi connectivity index (χ4v) is 1.57. The Labute approximate surface area is 101 Å². The molecule has 6 nitrogen and oxygen atoms in total. The second kappa shape index (κ2) is 8.03. The van der Waals surface area contributed by atoms with Crippen molar-refractivity contribution in [2.75, 3.05) is 46.0 Å². The Bertz CT molecular complexity index is 252. The normalized spacial score (nSPS) is 15.7. The van der Waals surface area contributed by atoms with Crippen LogP contribution < -0.4 is 5.32 Å². The van der Waals surface area contributed by atoms with Crippen LogP contribution in [0.1, 0.15) is 13.3 Å². The maximum Gasteiger partial charge on any atom is 0.319 e. The first-order valence-corrected chi connectivity index (χ1v) is 5.96. The minimum atomic E-state index is -0.286. The van der Waals surface area contributed by atoms with Gasteiger partial charge in [0.15, 0.2) is 0 Å². The van der Waals surface area contributed by atoms with E-state index in [4.69, 9.17) is 9.47 Å². The molecule has 1 N–H and O–H groups in total. The van der Waals surface area contributed by atoms with Gasteiger partial charge in [0.2, 0.25) is 5.91 Å². The summed E-state index contributed by atoms with van der Waals surface area (Å²) >= 11 is 0. The fraction of sp³-hybridized carbons (Fsp3) is 0.818. The molecule has 1 heterocycles. The summed E-state index contributed by atoms with van der Waals surface area (Å²) in [6, 6.07) is 0. The number of carbonyl (C=O) groups excluding carboxylic acids is 2. The van der Waals surface area contributed by atoms with Gasteiger partial charge in [-0.25, -0.2) is 0 Å². The molecule has 0 radical (unpaired) electrons. The van der Waals surface area contributed by atoms with Crippen molar-refractivity contribution in [2.45, 2.75) is 13.3 Å². The molecule has 0 spiro atoms. The molecule has 1 aliphatic rings. The second-order valence-electron chi connectivity index (χ2n) is 3.72. The molecule has 0 unspecified atom stereocenters. The van der Waals surface area contributed by atoms with E-state index in [1.165, 1.54) is 0 Å². The highest BCUT2D eigenvalue weighted by atomic mass is 16.5. The van der Waals surface area contributed by atoms with Crippen LogP contribution >= 0.6 is 0 Å². The maximum absolute atomic E-state index is 11.7. The smallest absolute Gasteiger partial charge is 0.319 e. The summed E-state index contributed by atoms with van der Waals surface area (Å²) < 4.78 is 9.92. The fourth-order valence-electron chi connectivity index (χ4n) is 1.57. The predicted molar refractivity (Wildman–Crippen MR) is 61.5 cm³/mol. The van der Waals surface area contributed by atoms with Gasteiger partial charge >= 0.3 is 5.97 Å². The van der Waals surface area contributed by atoms with Gasteiger partial charge in [-0.15, -0.1) is 0 Å². The number of ether oxygens (including phenoxy) is 2. The Morgan fingerprint density at radius 3 is 2.71 bits per heavy atom. The quantitative estimate of drug-likeness (QED) is 0.498. The Balaban J connectivity index is 2.05. The van der Waals surface area contributed by atoms with E-state index in [2.05, 4.69) is 5.32 Å². The molecule has 0 bridgehead atoms. The molecular weight excluding hydrogens is 224 g/mol. The minimum absolute atomic E-state index is 0.102. The van der Waals surface area contributed by atoms with Crippen molar-refractivity contribution in [3.63, 3.8) is 0 Å². The predicted octanol–water partition coefficient (Wildman–Crippen LogP) is -0.612. The van der Waals surface area contributed by atoms with Gasteiger partial charge in [0.1, 0.15) is 0 Å². The number of esters is 1. The molecule has 0 saturated carbocycles. The Hall–Kier alpha value is -1.14. The zero-order valence-corrected chi connectivity index (χ0v) is 10.2. The molecule has 0 atom stereocenters. The number of rotatable bonds is 6. The highest BCUT2D eigenvalue weighted by molar-refractivity contribution is 5.76. The summed E-state index contributed by atoms with van der Waals surface area (Å²) in [6.45, 7) is 5.35. The zero-order chi connectivity index (χ0) is 12.5. The van der Waals surface area contributed by atoms with Crippen LogP contribution in [-0.2, 0) is 19.1 Å². The minimum Gasteiger partial charge on any atom is -0.465 e. The summed E-state index contributed by atoms with van der Waals surface area (Å²) in [5.74, 6) is -0.184. The van der Waals surface area contributed by atoms with Crippen LogP contribution in [0.4, 0.5) is 0 Å². The summed E-state index contributed by atoms with van der Waals surface area (Å²) in [6.07, 6.45) is 0.402. The number of morpholine rings is 1. The van der Waals surface area contributed by atoms with E-state index < -0.39 is 0 Å². The van der Waals surface area contributed by atoms with Crippen molar-refractivity contribution in [1.29, 1.82) is 0 Å². The third-order valence-electron chi connectivity index (χ3n) is 2.45. The largest absolute Gasteiger partial charge is 0.465 e. The van der Waals surface area contributed by atoms with E-state index in [0.717, 1.165) is 0 Å². The summed E-state index contributed by atoms with van der Waals surface area (Å²) in [5.41, 5.74) is 0. The van der Waals surface area contributed by atoms with Gasteiger partial charge in [0.25, 0.3) is 0 Å². The standard InChI is InChI=1S/C11H20N2O4/c1-2-17-11(15)9-12-4-3-10(14)13-5-7-16-8-6-13/h12H,2-9H2,1H3. The molecule has 1 amide bonds. The average Bonchev–Trinajstić information content (AvgIpc) is 2.36. The number of carbonyl (C=O) groups is 2. The van der Waals surface area contributed by atoms with Crippen molar-refractivity contribution >= 4 is 11.9 Å². The first kappa shape index (κ1) is 13.9. The molecule has 17 heavy (non-hydrogen) atoms. The van der Waals surface area contributed by atoms with Gasteiger partial charge in [-0.05, 0) is 6.92 Å². The van der Waals surface area contributed by atoms with Crippen LogP contribution in [0.2, 0.25) is 0 Å². The van der Waals surface area contributed by atoms with Crippen molar-refractivity contribution in [3.05, 3.63) is 0 Å². The van der Waals surface area contributed by atoms with Crippen molar-refractivity contribution in [1.82, 2.24) is 10.2 Å². The maximum atomic E-state index is 11.7. The van der Waals surface area contributed by atoms with Gasteiger partial charge in [0, 0.05) is 26.1 Å². The van der Waals surface area contributed by atoms with Gasteiger partial charge in [-0.1, -0.05) is 0 Å². The molecule has 1 fully saturated rings. The lowest BCUT2D eigenvalue weighted by atomic mass is 10.3. The van der Waals surface area contributed by atoms with Crippen LogP contribution in [0.25, 0.3) is 0 Å². The van der Waals surface area contributed by atoms with Crippen LogP contribution in [-0.4, -0.2) is 62.8 Å². The Kier molecular flexibility index (Phi) is 6.57. The molecule has 0 aromatic carbocycles. The van der Waals surface area contributed by atoms with Gasteiger partial charge in [0.05, 0.1) is 26.4 Å². The molecule has 6 heteroatoms. The monoisotopic (exact) mass is 244 g/mol. The number of amides is 1. The number of hydrogen-bond donors (Lipinski definition) is 1. The Morgan fingerprint density at radius 2 is 2.06 bits per heavy atom. The van der Waals surface area contributed by atoms with Crippen molar-refractivity contribution < 1.29 is 19.1 Å². The topological polar surface area (TPSA) is 67.9 Å². The van der Waals surface area contributed by atoms with Crippen LogP contribution in [0.15, 0.2) is 0 Å². The van der Waals surface area contributed by atoms with Crippen molar-refractivity contribution in [3.8, 4) is 0 Å². The first-order chi connectivity index (χ1) is 8.24. The molecule has 1 saturated heterocycles. The third kappa shape index (κ3) is 5.65. The summed E-state index contributed by atoms with van der Waals surface area (Å²) in [5, 5.41) is 2.89. The van der Waals surface area contributed by atoms with E-state index in [9.17, 15) is 9.59 Å². The van der Waals surface area contributed by atoms with E-state index in [1.54, 1.807) is 11.8 Å². The lowest BCUT2D eigenvalue weighted by Crippen LogP contribution is -2.41. The molecule has 0 aromatic heterocycles. The molecule has 0 aromatic rings. The highest BCUT2D eigenvalue weighted by Gasteiger charge is 2.15. The van der Waals surface area contributed by atoms with E-state index in [-0.39, 0.29) is 18.4 Å². The average molecular weight is 244 g/mol. The van der Waals surface area contributed by atoms with E-state index >= 15 is 0 Å². The summed E-state index contributed by atoms with van der Waals surface area (Å²) in [7, 11) is 0. The lowest BCUT2D eigenvalue weighted by Gasteiger charge is -2.26. The SMILES string of the molecule is CCOC(=O)CNCCC(=O)N1CCOCC1. The second-order valence-corrected chi connectivity index (χ2v) is 3.72. The number of hydrogen-bond acceptors (Lipinski definition) is 5. The molecular formula is C11H20N2O4. The zero-order valence-electron chi connectivity index (χ0n) is 10.2. The van der Waals surface area contributed by atoms with Crippen molar-refractivity contribution in [2.24, 2.45) is 0 Å². The third-order valence-corrected chi connectivity index (χ3v) is 2.45. The molecule has 0 aliphatic carbocycles. The highest BCUT2D eigenvalue weighted by Crippen LogP contribution is 1.99. The lowest BCUT2D eigenvalue weighted by molar-refractivity contribution is -0.142. The number of nitrogens with one attached hydrogen (secondary N) is 1. The first-order valence-electron chi connectivity index (χ1n) is 5.96. The van der Waals surface area contributed by atoms with Gasteiger partial charge in [-0.3, -0.25) is 9.59 Å². The Morgan fingerprint density at radius 1 is 1.35 bits per heavy atom. The molecule has 1 rings (SSSR count). The van der Waals surface area contributed by atoms with Gasteiger partial charge < -0.3 is 19.7 Å². The van der Waals surface area contributed by atoms with Crippen LogP contribution in [0.5, 0.6) is 0 Å². The number of nitrogens with zero attached hydrogens (tertiary/aromatic N) is 1. The van der Waals surface area contributed by atoms with E-state index in [0.29, 0.717) is 45.9 Å². The van der Waals surface area contributed by atoms with Crippen LogP contribution in [0.3, 0.4) is 0 Å². The molecule has 1 aliphatic heterocycles. The molecule has 98 valence electrons. The van der Waals surface area contributed by atoms with Gasteiger partial charge in [-0.2, -0.15) is 0 Å². The van der Waals surface area contributed by atoms with Crippen LogP contribution in [0, 0.1) is 0 Å². The van der Waals surface area contributed by atoms with E-state index in [1.807, 2.05) is 0 Å². The summed E-state index contributed by atoms with van der Waals surface area (Å²) in [4.78, 5) is 24.5.